The molecular formula is C10H15NO3. The minimum absolute atomic E-state index is 0.317. The van der Waals surface area contributed by atoms with E-state index in [9.17, 15) is 9.90 Å². The summed E-state index contributed by atoms with van der Waals surface area (Å²) in [5.41, 5.74) is -1.07. The third-order valence-corrected chi connectivity index (χ3v) is 3.01. The van der Waals surface area contributed by atoms with Crippen LogP contribution in [0.2, 0.25) is 0 Å². The molecule has 0 spiro atoms. The maximum Gasteiger partial charge on any atom is 0.334 e. The molecule has 1 saturated carbocycles. The van der Waals surface area contributed by atoms with Gasteiger partial charge in [-0.25, -0.2) is 4.79 Å². The van der Waals surface area contributed by atoms with Crippen molar-refractivity contribution in [3.05, 3.63) is 0 Å². The van der Waals surface area contributed by atoms with E-state index in [-0.39, 0.29) is 0 Å². The van der Waals surface area contributed by atoms with Gasteiger partial charge in [0.2, 0.25) is 0 Å². The van der Waals surface area contributed by atoms with Crippen molar-refractivity contribution in [3.8, 4) is 6.07 Å². The van der Waals surface area contributed by atoms with Crippen molar-refractivity contribution in [2.75, 3.05) is 0 Å². The number of nitrogens with zero attached hydrogens (tertiary/aromatic N) is 1. The van der Waals surface area contributed by atoms with Crippen LogP contribution in [-0.4, -0.2) is 22.3 Å². The van der Waals surface area contributed by atoms with E-state index in [1.165, 1.54) is 0 Å². The van der Waals surface area contributed by atoms with Gasteiger partial charge in [-0.3, -0.25) is 0 Å². The molecule has 0 saturated heterocycles. The molecule has 2 N–H and O–H groups in total. The highest BCUT2D eigenvalue weighted by Gasteiger charge is 2.45. The third kappa shape index (κ3) is 1.88. The Kier molecular flexibility index (Phi) is 3.12. The first kappa shape index (κ1) is 11.0. The van der Waals surface area contributed by atoms with Crippen LogP contribution in [0.25, 0.3) is 0 Å². The first-order chi connectivity index (χ1) is 6.52. The van der Waals surface area contributed by atoms with Crippen molar-refractivity contribution >= 4 is 5.97 Å². The Bertz CT molecular complexity index is 271. The Balaban J connectivity index is 2.86. The van der Waals surface area contributed by atoms with E-state index >= 15 is 0 Å². The molecule has 0 radical (unpaired) electrons. The second-order valence-electron chi connectivity index (χ2n) is 4.21. The Morgan fingerprint density at radius 1 is 1.71 bits per heavy atom. The van der Waals surface area contributed by atoms with E-state index in [4.69, 9.17) is 10.4 Å². The third-order valence-electron chi connectivity index (χ3n) is 3.01. The van der Waals surface area contributed by atoms with Crippen LogP contribution in [0, 0.1) is 22.7 Å². The average molecular weight is 197 g/mol. The molecule has 0 aromatic carbocycles. The van der Waals surface area contributed by atoms with Crippen LogP contribution in [0.1, 0.15) is 32.6 Å². The van der Waals surface area contributed by atoms with Crippen LogP contribution in [0.15, 0.2) is 0 Å². The smallest absolute Gasteiger partial charge is 0.334 e. The highest BCUT2D eigenvalue weighted by Crippen LogP contribution is 2.41. The molecule has 4 nitrogen and oxygen atoms in total. The van der Waals surface area contributed by atoms with E-state index in [1.807, 2.05) is 13.0 Å². The van der Waals surface area contributed by atoms with Gasteiger partial charge in [-0.2, -0.15) is 5.26 Å². The highest BCUT2D eigenvalue weighted by molar-refractivity contribution is 5.73. The molecule has 1 fully saturated rings. The first-order valence-corrected chi connectivity index (χ1v) is 4.84. The average Bonchev–Trinajstić information content (AvgIpc) is 2.16. The van der Waals surface area contributed by atoms with Gasteiger partial charge in [0, 0.05) is 0 Å². The quantitative estimate of drug-likeness (QED) is 0.695. The molecule has 1 aliphatic rings. The van der Waals surface area contributed by atoms with E-state index < -0.39 is 17.5 Å². The summed E-state index contributed by atoms with van der Waals surface area (Å²) in [6.45, 7) is 1.99. The van der Waals surface area contributed by atoms with Crippen LogP contribution < -0.4 is 0 Å². The molecule has 0 aromatic rings. The standard InChI is InChI=1S/C10H15NO3/c1-7-3-2-4-10(5-7,6-11)8(12)9(13)14/h7-8,12H,2-5H2,1H3,(H,13,14). The second kappa shape index (κ2) is 3.97. The van der Waals surface area contributed by atoms with Crippen LogP contribution >= 0.6 is 0 Å². The van der Waals surface area contributed by atoms with Crippen molar-refractivity contribution in [3.63, 3.8) is 0 Å². The van der Waals surface area contributed by atoms with Crippen molar-refractivity contribution in [2.24, 2.45) is 11.3 Å². The molecule has 0 aromatic heterocycles. The molecule has 14 heavy (non-hydrogen) atoms. The normalized spacial score (nSPS) is 34.5. The van der Waals surface area contributed by atoms with Gasteiger partial charge in [0.25, 0.3) is 0 Å². The first-order valence-electron chi connectivity index (χ1n) is 4.84. The van der Waals surface area contributed by atoms with Gasteiger partial charge in [0.15, 0.2) is 6.10 Å². The van der Waals surface area contributed by atoms with Crippen LogP contribution in [0.5, 0.6) is 0 Å². The monoisotopic (exact) mass is 197 g/mol. The number of aliphatic hydroxyl groups is 1. The van der Waals surface area contributed by atoms with Crippen molar-refractivity contribution in [2.45, 2.75) is 38.7 Å². The number of carbonyl (C=O) groups is 1. The number of hydrogen-bond donors (Lipinski definition) is 2. The summed E-state index contributed by atoms with van der Waals surface area (Å²) < 4.78 is 0. The molecule has 0 bridgehead atoms. The van der Waals surface area contributed by atoms with Crippen LogP contribution in [0.4, 0.5) is 0 Å². The minimum Gasteiger partial charge on any atom is -0.479 e. The molecular weight excluding hydrogens is 182 g/mol. The predicted molar refractivity (Wildman–Crippen MR) is 49.3 cm³/mol. The van der Waals surface area contributed by atoms with Gasteiger partial charge in [-0.15, -0.1) is 0 Å². The number of hydrogen-bond acceptors (Lipinski definition) is 3. The minimum atomic E-state index is -1.55. The lowest BCUT2D eigenvalue weighted by molar-refractivity contribution is -0.153. The predicted octanol–water partition coefficient (Wildman–Crippen LogP) is 1.15. The topological polar surface area (TPSA) is 81.3 Å². The summed E-state index contributed by atoms with van der Waals surface area (Å²) in [5.74, 6) is -0.974. The largest absolute Gasteiger partial charge is 0.479 e. The highest BCUT2D eigenvalue weighted by atomic mass is 16.4. The zero-order valence-corrected chi connectivity index (χ0v) is 8.23. The summed E-state index contributed by atoms with van der Waals surface area (Å²) in [6.07, 6.45) is 1.25. The maximum atomic E-state index is 10.7. The molecule has 3 atom stereocenters. The zero-order chi connectivity index (χ0) is 10.8. The lowest BCUT2D eigenvalue weighted by Crippen LogP contribution is -2.42. The lowest BCUT2D eigenvalue weighted by atomic mass is 9.68. The molecule has 3 unspecified atom stereocenters. The molecule has 0 aliphatic heterocycles. The number of carboxylic acids is 1. The van der Waals surface area contributed by atoms with Gasteiger partial charge < -0.3 is 10.2 Å². The van der Waals surface area contributed by atoms with Crippen LogP contribution in [0.3, 0.4) is 0 Å². The molecule has 1 rings (SSSR count). The molecule has 0 amide bonds. The van der Waals surface area contributed by atoms with Crippen molar-refractivity contribution in [1.82, 2.24) is 0 Å². The van der Waals surface area contributed by atoms with Gasteiger partial charge in [-0.05, 0) is 18.8 Å². The van der Waals surface area contributed by atoms with Crippen LogP contribution in [-0.2, 0) is 4.79 Å². The summed E-state index contributed by atoms with van der Waals surface area (Å²) in [5, 5.41) is 27.2. The lowest BCUT2D eigenvalue weighted by Gasteiger charge is -2.35. The summed E-state index contributed by atoms with van der Waals surface area (Å²) in [6, 6.07) is 2.00. The van der Waals surface area contributed by atoms with Gasteiger partial charge in [0.1, 0.15) is 0 Å². The molecule has 0 heterocycles. The fourth-order valence-electron chi connectivity index (χ4n) is 2.24. The van der Waals surface area contributed by atoms with Crippen molar-refractivity contribution < 1.29 is 15.0 Å². The van der Waals surface area contributed by atoms with Gasteiger partial charge >= 0.3 is 5.97 Å². The Hall–Kier alpha value is -1.08. The van der Waals surface area contributed by atoms with E-state index in [2.05, 4.69) is 0 Å². The Morgan fingerprint density at radius 3 is 2.79 bits per heavy atom. The van der Waals surface area contributed by atoms with E-state index in [0.29, 0.717) is 18.8 Å². The number of rotatable bonds is 2. The molecule has 4 heteroatoms. The second-order valence-corrected chi connectivity index (χ2v) is 4.21. The van der Waals surface area contributed by atoms with Gasteiger partial charge in [0.05, 0.1) is 11.5 Å². The fraction of sp³-hybridized carbons (Fsp3) is 0.800. The fourth-order valence-corrected chi connectivity index (χ4v) is 2.24. The number of carboxylic acid groups (broad SMARTS) is 1. The zero-order valence-electron chi connectivity index (χ0n) is 8.23. The number of aliphatic hydroxyl groups excluding tert-OH is 1. The maximum absolute atomic E-state index is 10.7. The SMILES string of the molecule is CC1CCCC(C#N)(C(O)C(=O)O)C1. The number of aliphatic carboxylic acids is 1. The van der Waals surface area contributed by atoms with Gasteiger partial charge in [-0.1, -0.05) is 19.8 Å². The van der Waals surface area contributed by atoms with E-state index in [1.54, 1.807) is 0 Å². The summed E-state index contributed by atoms with van der Waals surface area (Å²) in [4.78, 5) is 10.7. The number of nitriles is 1. The summed E-state index contributed by atoms with van der Waals surface area (Å²) >= 11 is 0. The van der Waals surface area contributed by atoms with Crippen molar-refractivity contribution in [1.29, 1.82) is 5.26 Å². The molecule has 78 valence electrons. The Morgan fingerprint density at radius 2 is 2.36 bits per heavy atom. The molecule has 1 aliphatic carbocycles. The van der Waals surface area contributed by atoms with E-state index in [0.717, 1.165) is 12.8 Å². The summed E-state index contributed by atoms with van der Waals surface area (Å²) in [7, 11) is 0. The Labute approximate surface area is 83.2 Å².